The normalized spacial score (nSPS) is 19.0. The number of amides is 2. The number of carbonyl (C=O) groups excluding carboxylic acids is 2. The van der Waals surface area contributed by atoms with Gasteiger partial charge in [-0.1, -0.05) is 24.3 Å². The second-order valence-electron chi connectivity index (χ2n) is 9.67. The summed E-state index contributed by atoms with van der Waals surface area (Å²) in [5.74, 6) is -2.40. The first-order valence-electron chi connectivity index (χ1n) is 12.1. The molecule has 2 atom stereocenters. The van der Waals surface area contributed by atoms with Gasteiger partial charge in [-0.15, -0.1) is 0 Å². The lowest BCUT2D eigenvalue weighted by molar-refractivity contribution is -0.204. The zero-order chi connectivity index (χ0) is 30.5. The van der Waals surface area contributed by atoms with Crippen LogP contribution in [-0.2, 0) is 27.5 Å². The highest BCUT2D eigenvalue weighted by atomic mass is 32.2. The lowest BCUT2D eigenvalue weighted by Crippen LogP contribution is -2.51. The van der Waals surface area contributed by atoms with Gasteiger partial charge in [-0.05, 0) is 42.3 Å². The highest BCUT2D eigenvalue weighted by Gasteiger charge is 2.59. The van der Waals surface area contributed by atoms with E-state index in [1.165, 1.54) is 53.2 Å². The minimum Gasteiger partial charge on any atom is -0.366 e. The minimum atomic E-state index is -4.97. The summed E-state index contributed by atoms with van der Waals surface area (Å²) in [6.45, 7) is 1.32. The number of alkyl halides is 6. The first kappa shape index (κ1) is 30.2. The van der Waals surface area contributed by atoms with E-state index in [1.807, 2.05) is 0 Å². The molecule has 2 unspecified atom stereocenters. The number of nitrogens with zero attached hydrogens (tertiary/aromatic N) is 3. The number of rotatable bonds is 7. The first-order valence-corrected chi connectivity index (χ1v) is 14.0. The SMILES string of the molecule is CC(c1ccc(C(=O)NS(C)(=O)=O)cc1)N1C(C(F)(F)F)C(C(N)=O)=C2N(Cc3cccc(C(F)(F)F)c3)CCN21. The van der Waals surface area contributed by atoms with Crippen molar-refractivity contribution in [3.8, 4) is 0 Å². The number of halogens is 6. The van der Waals surface area contributed by atoms with Crippen molar-refractivity contribution in [2.45, 2.75) is 37.9 Å². The molecule has 0 radical (unpaired) electrons. The van der Waals surface area contributed by atoms with Gasteiger partial charge in [0.05, 0.1) is 30.0 Å². The Bertz CT molecular complexity index is 1490. The fourth-order valence-electron chi connectivity index (χ4n) is 5.02. The van der Waals surface area contributed by atoms with E-state index in [2.05, 4.69) is 0 Å². The van der Waals surface area contributed by atoms with E-state index in [1.54, 1.807) is 4.72 Å². The van der Waals surface area contributed by atoms with Crippen molar-refractivity contribution in [3.63, 3.8) is 0 Å². The van der Waals surface area contributed by atoms with Gasteiger partial charge in [0.15, 0.2) is 6.04 Å². The molecule has 2 aliphatic rings. The standard InChI is InChI=1S/C25H25F6N5O4S/c1-14(16-6-8-17(9-7-16)22(38)33-41(2,39)40)36-20(25(29,30)31)19(21(32)37)23-34(10-11-35(23)36)13-15-4-3-5-18(12-15)24(26,27)28/h3-9,12,14,20H,10-11,13H2,1-2H3,(H2,32,37)(H,33,38). The molecule has 222 valence electrons. The van der Waals surface area contributed by atoms with Gasteiger partial charge in [-0.3, -0.25) is 14.6 Å². The predicted molar refractivity (Wildman–Crippen MR) is 134 cm³/mol. The molecule has 1 saturated heterocycles. The Morgan fingerprint density at radius 3 is 2.22 bits per heavy atom. The van der Waals surface area contributed by atoms with Crippen LogP contribution in [0.25, 0.3) is 0 Å². The van der Waals surface area contributed by atoms with Gasteiger partial charge < -0.3 is 10.6 Å². The maximum absolute atomic E-state index is 14.5. The maximum Gasteiger partial charge on any atom is 0.416 e. The average molecular weight is 606 g/mol. The minimum absolute atomic E-state index is 0.0170. The molecule has 2 aromatic carbocycles. The van der Waals surface area contributed by atoms with Crippen molar-refractivity contribution in [2.75, 3.05) is 19.3 Å². The fourth-order valence-corrected chi connectivity index (χ4v) is 5.48. The molecule has 9 nitrogen and oxygen atoms in total. The number of carbonyl (C=O) groups is 2. The summed E-state index contributed by atoms with van der Waals surface area (Å²) in [5.41, 5.74) is 4.24. The van der Waals surface area contributed by atoms with Crippen molar-refractivity contribution in [1.29, 1.82) is 0 Å². The molecule has 0 bridgehead atoms. The number of hydrazine groups is 1. The smallest absolute Gasteiger partial charge is 0.366 e. The van der Waals surface area contributed by atoms with Crippen LogP contribution in [0.4, 0.5) is 26.3 Å². The van der Waals surface area contributed by atoms with Crippen LogP contribution < -0.4 is 10.5 Å². The molecule has 3 N–H and O–H groups in total. The van der Waals surface area contributed by atoms with Gasteiger partial charge in [0.1, 0.15) is 5.82 Å². The highest BCUT2D eigenvalue weighted by molar-refractivity contribution is 7.89. The van der Waals surface area contributed by atoms with Gasteiger partial charge in [0.25, 0.3) is 5.91 Å². The van der Waals surface area contributed by atoms with Gasteiger partial charge in [-0.25, -0.2) is 13.1 Å². The molecule has 4 rings (SSSR count). The van der Waals surface area contributed by atoms with Crippen molar-refractivity contribution in [2.24, 2.45) is 5.73 Å². The molecule has 2 heterocycles. The largest absolute Gasteiger partial charge is 0.416 e. The third-order valence-electron chi connectivity index (χ3n) is 6.72. The van der Waals surface area contributed by atoms with E-state index < -0.39 is 57.4 Å². The van der Waals surface area contributed by atoms with Crippen molar-refractivity contribution in [3.05, 3.63) is 82.2 Å². The summed E-state index contributed by atoms with van der Waals surface area (Å²) < 4.78 is 108. The van der Waals surface area contributed by atoms with Crippen LogP contribution >= 0.6 is 0 Å². The molecule has 1 fully saturated rings. The van der Waals surface area contributed by atoms with Crippen LogP contribution in [0.15, 0.2) is 59.9 Å². The number of fused-ring (bicyclic) bond motifs is 1. The summed E-state index contributed by atoms with van der Waals surface area (Å²) in [5, 5.41) is 2.19. The number of benzene rings is 2. The topological polar surface area (TPSA) is 116 Å². The Balaban J connectivity index is 1.69. The Kier molecular flexibility index (Phi) is 7.77. The van der Waals surface area contributed by atoms with E-state index in [4.69, 9.17) is 5.73 Å². The molecular formula is C25H25F6N5O4S. The van der Waals surface area contributed by atoms with E-state index in [0.29, 0.717) is 5.56 Å². The molecule has 0 aliphatic carbocycles. The maximum atomic E-state index is 14.5. The average Bonchev–Trinajstić information content (AvgIpc) is 3.40. The fraction of sp³-hybridized carbons (Fsp3) is 0.360. The predicted octanol–water partition coefficient (Wildman–Crippen LogP) is 3.13. The summed E-state index contributed by atoms with van der Waals surface area (Å²) in [7, 11) is -3.85. The Hall–Kier alpha value is -3.79. The number of sulfonamides is 1. The van der Waals surface area contributed by atoms with Gasteiger partial charge >= 0.3 is 12.4 Å². The lowest BCUT2D eigenvalue weighted by Gasteiger charge is -2.38. The van der Waals surface area contributed by atoms with Crippen molar-refractivity contribution in [1.82, 2.24) is 19.6 Å². The van der Waals surface area contributed by atoms with E-state index in [-0.39, 0.29) is 36.6 Å². The summed E-state index contributed by atoms with van der Waals surface area (Å²) in [6, 6.07) is 6.08. The number of hydrogen-bond donors (Lipinski definition) is 2. The molecular weight excluding hydrogens is 580 g/mol. The second-order valence-corrected chi connectivity index (χ2v) is 11.4. The van der Waals surface area contributed by atoms with Gasteiger partial charge in [0, 0.05) is 18.7 Å². The molecule has 2 aliphatic heterocycles. The molecule has 0 aromatic heterocycles. The van der Waals surface area contributed by atoms with E-state index in [0.717, 1.165) is 23.4 Å². The summed E-state index contributed by atoms with van der Waals surface area (Å²) in [6.07, 6.45) is -8.79. The quantitative estimate of drug-likeness (QED) is 0.466. The molecule has 2 amide bonds. The number of nitrogens with two attached hydrogens (primary N) is 1. The first-order chi connectivity index (χ1) is 18.9. The van der Waals surface area contributed by atoms with Crippen LogP contribution in [0.2, 0.25) is 0 Å². The third-order valence-corrected chi connectivity index (χ3v) is 7.27. The number of primary amides is 1. The Morgan fingerprint density at radius 2 is 1.68 bits per heavy atom. The van der Waals surface area contributed by atoms with Crippen molar-refractivity contribution < 1.29 is 44.3 Å². The monoisotopic (exact) mass is 605 g/mol. The second kappa shape index (κ2) is 10.6. The molecule has 0 spiro atoms. The third kappa shape index (κ3) is 6.27. The van der Waals surface area contributed by atoms with E-state index in [9.17, 15) is 44.3 Å². The summed E-state index contributed by atoms with van der Waals surface area (Å²) in [4.78, 5) is 26.0. The van der Waals surface area contributed by atoms with Gasteiger partial charge in [-0.2, -0.15) is 31.4 Å². The number of hydrogen-bond acceptors (Lipinski definition) is 7. The zero-order valence-electron chi connectivity index (χ0n) is 21.6. The Morgan fingerprint density at radius 1 is 1.05 bits per heavy atom. The molecule has 41 heavy (non-hydrogen) atoms. The van der Waals surface area contributed by atoms with Crippen molar-refractivity contribution >= 4 is 21.8 Å². The Labute approximate surface area is 231 Å². The van der Waals surface area contributed by atoms with Crippen LogP contribution in [-0.4, -0.2) is 66.7 Å². The van der Waals surface area contributed by atoms with Crippen LogP contribution in [0.3, 0.4) is 0 Å². The summed E-state index contributed by atoms with van der Waals surface area (Å²) >= 11 is 0. The molecule has 2 aromatic rings. The zero-order valence-corrected chi connectivity index (χ0v) is 22.4. The lowest BCUT2D eigenvalue weighted by atomic mass is 10.0. The van der Waals surface area contributed by atoms with E-state index >= 15 is 0 Å². The molecule has 16 heteroatoms. The number of nitrogens with one attached hydrogen (secondary N) is 1. The molecule has 0 saturated carbocycles. The van der Waals surface area contributed by atoms with Crippen LogP contribution in [0, 0.1) is 0 Å². The highest BCUT2D eigenvalue weighted by Crippen LogP contribution is 2.46. The van der Waals surface area contributed by atoms with Crippen LogP contribution in [0.1, 0.15) is 40.0 Å². The van der Waals surface area contributed by atoms with Gasteiger partial charge in [0.2, 0.25) is 15.9 Å². The van der Waals surface area contributed by atoms with Crippen LogP contribution in [0.5, 0.6) is 0 Å².